The molecule has 0 radical (unpaired) electrons. The summed E-state index contributed by atoms with van der Waals surface area (Å²) in [7, 11) is 0. The average molecular weight is 420 g/mol. The van der Waals surface area contributed by atoms with Gasteiger partial charge in [-0.05, 0) is 43.0 Å². The Hall–Kier alpha value is -3.35. The molecule has 4 rings (SSSR count). The summed E-state index contributed by atoms with van der Waals surface area (Å²) < 4.78 is 2.19. The van der Waals surface area contributed by atoms with Crippen LogP contribution in [0.4, 0.5) is 4.79 Å². The van der Waals surface area contributed by atoms with Crippen molar-refractivity contribution >= 4 is 23.0 Å². The maximum absolute atomic E-state index is 12.2. The summed E-state index contributed by atoms with van der Waals surface area (Å²) in [5.41, 5.74) is 4.25. The van der Waals surface area contributed by atoms with Crippen molar-refractivity contribution < 1.29 is 9.59 Å². The molecule has 1 aliphatic heterocycles. The molecule has 2 N–H and O–H groups in total. The van der Waals surface area contributed by atoms with Crippen molar-refractivity contribution in [3.05, 3.63) is 65.5 Å². The highest BCUT2D eigenvalue weighted by molar-refractivity contribution is 5.78. The predicted octanol–water partition coefficient (Wildman–Crippen LogP) is 3.36. The first-order chi connectivity index (χ1) is 15.1. The van der Waals surface area contributed by atoms with Crippen molar-refractivity contribution in [2.75, 3.05) is 13.1 Å². The average Bonchev–Trinajstić information content (AvgIpc) is 3.32. The lowest BCUT2D eigenvalue weighted by molar-refractivity contribution is -0.128. The molecule has 1 aromatic heterocycles. The van der Waals surface area contributed by atoms with E-state index in [9.17, 15) is 9.59 Å². The van der Waals surface area contributed by atoms with Crippen LogP contribution in [0, 0.1) is 6.92 Å². The predicted molar refractivity (Wildman–Crippen MR) is 120 cm³/mol. The van der Waals surface area contributed by atoms with Gasteiger partial charge in [0.05, 0.1) is 11.0 Å². The summed E-state index contributed by atoms with van der Waals surface area (Å²) in [6.07, 6.45) is 2.42. The van der Waals surface area contributed by atoms with Crippen molar-refractivity contribution in [2.45, 2.75) is 45.8 Å². The number of hydrogen-bond acceptors (Lipinski definition) is 3. The summed E-state index contributed by atoms with van der Waals surface area (Å²) in [4.78, 5) is 30.5. The van der Waals surface area contributed by atoms with Gasteiger partial charge >= 0.3 is 6.03 Å². The number of nitrogens with zero attached hydrogens (tertiary/aromatic N) is 3. The molecular formula is C24H29N5O2. The third-order valence-corrected chi connectivity index (χ3v) is 5.68. The summed E-state index contributed by atoms with van der Waals surface area (Å²) in [6, 6.07) is 16.0. The lowest BCUT2D eigenvalue weighted by Gasteiger charge is -2.16. The molecule has 31 heavy (non-hydrogen) atoms. The standard InChI is InChI=1S/C24H29N5O2/c1-18-27-21-9-2-3-10-22(21)29(18)14-6-12-25-24(31)26-16-19-7-4-8-20(15-19)17-28-13-5-11-23(28)30/h2-4,7-10,15H,5-6,11-14,16-17H2,1H3,(H2,25,26,31). The van der Waals surface area contributed by atoms with Crippen LogP contribution in [0.1, 0.15) is 36.2 Å². The quantitative estimate of drug-likeness (QED) is 0.550. The summed E-state index contributed by atoms with van der Waals surface area (Å²) in [6.45, 7) is 5.34. The Kier molecular flexibility index (Phi) is 6.50. The molecule has 2 aromatic carbocycles. The third kappa shape index (κ3) is 5.23. The molecule has 0 bridgehead atoms. The molecule has 1 saturated heterocycles. The SMILES string of the molecule is Cc1nc2ccccc2n1CCCNC(=O)NCc1cccc(CN2CCCC2=O)c1. The van der Waals surface area contributed by atoms with Crippen LogP contribution in [0.3, 0.4) is 0 Å². The van der Waals surface area contributed by atoms with Crippen molar-refractivity contribution in [1.82, 2.24) is 25.1 Å². The summed E-state index contributed by atoms with van der Waals surface area (Å²) in [5, 5.41) is 5.84. The maximum Gasteiger partial charge on any atom is 0.315 e. The van der Waals surface area contributed by atoms with Crippen LogP contribution < -0.4 is 10.6 Å². The number of amides is 3. The van der Waals surface area contributed by atoms with E-state index >= 15 is 0 Å². The monoisotopic (exact) mass is 419 g/mol. The van der Waals surface area contributed by atoms with Gasteiger partial charge in [0, 0.05) is 39.1 Å². The number of para-hydroxylation sites is 2. The number of likely N-dealkylation sites (tertiary alicyclic amines) is 1. The second-order valence-electron chi connectivity index (χ2n) is 8.00. The number of carbonyl (C=O) groups excluding carboxylic acids is 2. The van der Waals surface area contributed by atoms with E-state index in [-0.39, 0.29) is 11.9 Å². The zero-order valence-corrected chi connectivity index (χ0v) is 17.9. The van der Waals surface area contributed by atoms with Crippen LogP contribution >= 0.6 is 0 Å². The molecule has 7 heteroatoms. The minimum atomic E-state index is -0.174. The third-order valence-electron chi connectivity index (χ3n) is 5.68. The van der Waals surface area contributed by atoms with Gasteiger partial charge in [-0.1, -0.05) is 36.4 Å². The van der Waals surface area contributed by atoms with Gasteiger partial charge in [0.25, 0.3) is 0 Å². The highest BCUT2D eigenvalue weighted by atomic mass is 16.2. The number of carbonyl (C=O) groups is 2. The van der Waals surface area contributed by atoms with E-state index in [2.05, 4.69) is 32.3 Å². The molecule has 3 aromatic rings. The van der Waals surface area contributed by atoms with Crippen LogP contribution in [0.15, 0.2) is 48.5 Å². The number of hydrogen-bond donors (Lipinski definition) is 2. The van der Waals surface area contributed by atoms with Gasteiger partial charge in [-0.2, -0.15) is 0 Å². The van der Waals surface area contributed by atoms with Crippen molar-refractivity contribution in [2.24, 2.45) is 0 Å². The fraction of sp³-hybridized carbons (Fsp3) is 0.375. The van der Waals surface area contributed by atoms with Gasteiger partial charge in [-0.25, -0.2) is 9.78 Å². The summed E-state index contributed by atoms with van der Waals surface area (Å²) in [5.74, 6) is 1.21. The number of fused-ring (bicyclic) bond motifs is 1. The molecule has 7 nitrogen and oxygen atoms in total. The first-order valence-corrected chi connectivity index (χ1v) is 10.9. The second-order valence-corrected chi connectivity index (χ2v) is 8.00. The number of aryl methyl sites for hydroxylation is 2. The van der Waals surface area contributed by atoms with E-state index in [0.717, 1.165) is 53.9 Å². The Bertz CT molecular complexity index is 1070. The van der Waals surface area contributed by atoms with E-state index in [1.54, 1.807) is 0 Å². The van der Waals surface area contributed by atoms with Gasteiger partial charge in [0.2, 0.25) is 5.91 Å². The van der Waals surface area contributed by atoms with Gasteiger partial charge in [0.1, 0.15) is 5.82 Å². The smallest absolute Gasteiger partial charge is 0.315 e. The zero-order chi connectivity index (χ0) is 21.6. The molecule has 1 aliphatic rings. The fourth-order valence-electron chi connectivity index (χ4n) is 4.09. The second kappa shape index (κ2) is 9.64. The number of rotatable bonds is 8. The van der Waals surface area contributed by atoms with Crippen LogP contribution in [-0.4, -0.2) is 39.5 Å². The molecule has 2 heterocycles. The van der Waals surface area contributed by atoms with Crippen molar-refractivity contribution in [3.63, 3.8) is 0 Å². The Morgan fingerprint density at radius 3 is 2.77 bits per heavy atom. The molecule has 162 valence electrons. The molecule has 0 unspecified atom stereocenters. The number of benzene rings is 2. The van der Waals surface area contributed by atoms with Crippen LogP contribution in [0.5, 0.6) is 0 Å². The van der Waals surface area contributed by atoms with Crippen LogP contribution in [0.2, 0.25) is 0 Å². The molecular weight excluding hydrogens is 390 g/mol. The number of urea groups is 1. The van der Waals surface area contributed by atoms with Gasteiger partial charge in [-0.15, -0.1) is 0 Å². The Morgan fingerprint density at radius 2 is 1.94 bits per heavy atom. The number of imidazole rings is 1. The fourth-order valence-corrected chi connectivity index (χ4v) is 4.09. The molecule has 0 saturated carbocycles. The minimum Gasteiger partial charge on any atom is -0.338 e. The lowest BCUT2D eigenvalue weighted by atomic mass is 10.1. The van der Waals surface area contributed by atoms with Gasteiger partial charge in [-0.3, -0.25) is 4.79 Å². The zero-order valence-electron chi connectivity index (χ0n) is 17.9. The first kappa shape index (κ1) is 20.9. The van der Waals surface area contributed by atoms with Gasteiger partial charge < -0.3 is 20.1 Å². The highest BCUT2D eigenvalue weighted by Crippen LogP contribution is 2.16. The highest BCUT2D eigenvalue weighted by Gasteiger charge is 2.19. The Balaban J connectivity index is 1.20. The van der Waals surface area contributed by atoms with Crippen molar-refractivity contribution in [1.29, 1.82) is 0 Å². The maximum atomic E-state index is 12.2. The topological polar surface area (TPSA) is 79.3 Å². The first-order valence-electron chi connectivity index (χ1n) is 10.9. The Morgan fingerprint density at radius 1 is 1.10 bits per heavy atom. The van der Waals surface area contributed by atoms with E-state index in [0.29, 0.717) is 26.1 Å². The van der Waals surface area contributed by atoms with Crippen molar-refractivity contribution in [3.8, 4) is 0 Å². The molecule has 0 aliphatic carbocycles. The normalized spacial score (nSPS) is 13.7. The van der Waals surface area contributed by atoms with Crippen LogP contribution in [0.25, 0.3) is 11.0 Å². The largest absolute Gasteiger partial charge is 0.338 e. The summed E-state index contributed by atoms with van der Waals surface area (Å²) >= 11 is 0. The molecule has 0 atom stereocenters. The minimum absolute atomic E-state index is 0.174. The van der Waals surface area contributed by atoms with E-state index in [1.165, 1.54) is 0 Å². The molecule has 3 amide bonds. The van der Waals surface area contributed by atoms with E-state index < -0.39 is 0 Å². The van der Waals surface area contributed by atoms with Gasteiger partial charge in [0.15, 0.2) is 0 Å². The van der Waals surface area contributed by atoms with E-state index in [1.807, 2.05) is 48.2 Å². The van der Waals surface area contributed by atoms with E-state index in [4.69, 9.17) is 0 Å². The molecule has 0 spiro atoms. The number of aromatic nitrogens is 2. The van der Waals surface area contributed by atoms with Crippen LogP contribution in [-0.2, 0) is 24.4 Å². The number of nitrogens with one attached hydrogen (secondary N) is 2. The Labute approximate surface area is 182 Å². The lowest BCUT2D eigenvalue weighted by Crippen LogP contribution is -2.35. The molecule has 1 fully saturated rings.